The molecule has 0 aromatic carbocycles. The first-order valence-corrected chi connectivity index (χ1v) is 7.77. The molecule has 1 aromatic heterocycles. The highest BCUT2D eigenvalue weighted by molar-refractivity contribution is 5.48. The zero-order valence-electron chi connectivity index (χ0n) is 12.5. The third-order valence-corrected chi connectivity index (χ3v) is 3.65. The van der Waals surface area contributed by atoms with Crippen molar-refractivity contribution < 1.29 is 5.11 Å². The normalized spacial score (nSPS) is 22.6. The van der Waals surface area contributed by atoms with Crippen LogP contribution in [0.25, 0.3) is 0 Å². The molecule has 1 heterocycles. The second kappa shape index (κ2) is 7.43. The smallest absolute Gasteiger partial charge is 0.133 e. The predicted octanol–water partition coefficient (Wildman–Crippen LogP) is 2.58. The van der Waals surface area contributed by atoms with Crippen LogP contribution >= 0.6 is 0 Å². The third-order valence-electron chi connectivity index (χ3n) is 3.65. The fourth-order valence-corrected chi connectivity index (χ4v) is 2.61. The molecule has 0 bridgehead atoms. The van der Waals surface area contributed by atoms with Crippen molar-refractivity contribution in [3.05, 3.63) is 11.9 Å². The maximum Gasteiger partial charge on any atom is 0.133 e. The average molecular weight is 278 g/mol. The summed E-state index contributed by atoms with van der Waals surface area (Å²) < 4.78 is 0. The van der Waals surface area contributed by atoms with Gasteiger partial charge in [-0.05, 0) is 39.0 Å². The summed E-state index contributed by atoms with van der Waals surface area (Å²) in [5.41, 5.74) is 0. The van der Waals surface area contributed by atoms with Crippen molar-refractivity contribution in [3.8, 4) is 0 Å². The van der Waals surface area contributed by atoms with Crippen molar-refractivity contribution in [2.75, 3.05) is 17.2 Å². The number of aryl methyl sites for hydroxylation is 1. The van der Waals surface area contributed by atoms with Gasteiger partial charge in [-0.1, -0.05) is 6.92 Å². The number of aliphatic hydroxyl groups excluding tert-OH is 1. The molecule has 5 heteroatoms. The summed E-state index contributed by atoms with van der Waals surface area (Å²) in [6, 6.07) is 2.39. The highest BCUT2D eigenvalue weighted by Crippen LogP contribution is 2.22. The van der Waals surface area contributed by atoms with Gasteiger partial charge in [-0.3, -0.25) is 0 Å². The van der Waals surface area contributed by atoms with E-state index in [1.807, 2.05) is 6.07 Å². The Labute approximate surface area is 121 Å². The highest BCUT2D eigenvalue weighted by Gasteiger charge is 2.19. The molecule has 0 saturated heterocycles. The molecule has 0 atom stereocenters. The van der Waals surface area contributed by atoms with E-state index in [2.05, 4.69) is 34.4 Å². The number of hydrogen-bond donors (Lipinski definition) is 3. The van der Waals surface area contributed by atoms with E-state index < -0.39 is 0 Å². The van der Waals surface area contributed by atoms with Crippen LogP contribution in [-0.2, 0) is 6.42 Å². The summed E-state index contributed by atoms with van der Waals surface area (Å²) in [6.07, 6.45) is 5.60. The van der Waals surface area contributed by atoms with Crippen molar-refractivity contribution in [1.82, 2.24) is 9.97 Å². The number of aliphatic hydroxyl groups is 1. The van der Waals surface area contributed by atoms with Crippen molar-refractivity contribution in [2.24, 2.45) is 0 Å². The maximum atomic E-state index is 9.56. The summed E-state index contributed by atoms with van der Waals surface area (Å²) in [5.74, 6) is 2.69. The summed E-state index contributed by atoms with van der Waals surface area (Å²) in [4.78, 5) is 9.11. The molecule has 1 aliphatic rings. The van der Waals surface area contributed by atoms with Crippen LogP contribution in [0.2, 0.25) is 0 Å². The molecule has 20 heavy (non-hydrogen) atoms. The first kappa shape index (κ1) is 15.0. The second-order valence-corrected chi connectivity index (χ2v) is 5.48. The quantitative estimate of drug-likeness (QED) is 0.746. The Bertz CT molecular complexity index is 392. The van der Waals surface area contributed by atoms with Crippen molar-refractivity contribution >= 4 is 11.6 Å². The second-order valence-electron chi connectivity index (χ2n) is 5.48. The van der Waals surface area contributed by atoms with E-state index in [4.69, 9.17) is 0 Å². The lowest BCUT2D eigenvalue weighted by molar-refractivity contribution is 0.126. The number of nitrogens with zero attached hydrogens (tertiary/aromatic N) is 2. The molecule has 5 nitrogen and oxygen atoms in total. The predicted molar refractivity (Wildman–Crippen MR) is 82.1 cm³/mol. The molecule has 1 saturated carbocycles. The van der Waals surface area contributed by atoms with Gasteiger partial charge >= 0.3 is 0 Å². The molecule has 2 rings (SSSR count). The van der Waals surface area contributed by atoms with Crippen molar-refractivity contribution in [3.63, 3.8) is 0 Å². The minimum absolute atomic E-state index is 0.119. The van der Waals surface area contributed by atoms with Gasteiger partial charge in [-0.25, -0.2) is 9.97 Å². The zero-order chi connectivity index (χ0) is 14.4. The third kappa shape index (κ3) is 4.34. The Kier molecular flexibility index (Phi) is 5.59. The minimum Gasteiger partial charge on any atom is -0.393 e. The van der Waals surface area contributed by atoms with E-state index in [-0.39, 0.29) is 6.10 Å². The van der Waals surface area contributed by atoms with Gasteiger partial charge in [0, 0.05) is 25.1 Å². The van der Waals surface area contributed by atoms with Gasteiger partial charge < -0.3 is 15.7 Å². The van der Waals surface area contributed by atoms with E-state index in [1.54, 1.807) is 0 Å². The van der Waals surface area contributed by atoms with Gasteiger partial charge in [0.2, 0.25) is 0 Å². The van der Waals surface area contributed by atoms with Crippen molar-refractivity contribution in [1.29, 1.82) is 0 Å². The Balaban J connectivity index is 2.05. The highest BCUT2D eigenvalue weighted by atomic mass is 16.3. The maximum absolute atomic E-state index is 9.56. The molecule has 1 aromatic rings. The first-order valence-electron chi connectivity index (χ1n) is 7.77. The largest absolute Gasteiger partial charge is 0.393 e. The van der Waals surface area contributed by atoms with Gasteiger partial charge in [0.1, 0.15) is 17.5 Å². The lowest BCUT2D eigenvalue weighted by Gasteiger charge is -2.26. The van der Waals surface area contributed by atoms with Crippen LogP contribution in [0.15, 0.2) is 6.07 Å². The molecule has 0 radical (unpaired) electrons. The van der Waals surface area contributed by atoms with E-state index in [1.165, 1.54) is 0 Å². The Morgan fingerprint density at radius 3 is 2.50 bits per heavy atom. The van der Waals surface area contributed by atoms with Gasteiger partial charge in [0.15, 0.2) is 0 Å². The molecule has 0 unspecified atom stereocenters. The molecular weight excluding hydrogens is 252 g/mol. The number of hydrogen-bond acceptors (Lipinski definition) is 5. The summed E-state index contributed by atoms with van der Waals surface area (Å²) in [6.45, 7) is 5.06. The molecule has 0 aliphatic heterocycles. The fraction of sp³-hybridized carbons (Fsp3) is 0.733. The van der Waals surface area contributed by atoms with E-state index in [9.17, 15) is 5.11 Å². The number of aromatic nitrogens is 2. The molecular formula is C15H26N4O. The Hall–Kier alpha value is -1.36. The van der Waals surface area contributed by atoms with Crippen LogP contribution < -0.4 is 10.6 Å². The van der Waals surface area contributed by atoms with Gasteiger partial charge in [0.05, 0.1) is 6.10 Å². The van der Waals surface area contributed by atoms with Gasteiger partial charge in [0.25, 0.3) is 0 Å². The zero-order valence-corrected chi connectivity index (χ0v) is 12.5. The molecule has 112 valence electrons. The van der Waals surface area contributed by atoms with Crippen LogP contribution in [0, 0.1) is 0 Å². The lowest BCUT2D eigenvalue weighted by atomic mass is 9.93. The van der Waals surface area contributed by atoms with Gasteiger partial charge in [-0.15, -0.1) is 0 Å². The van der Waals surface area contributed by atoms with Crippen LogP contribution in [0.1, 0.15) is 51.8 Å². The molecule has 0 spiro atoms. The molecule has 0 amide bonds. The topological polar surface area (TPSA) is 70.1 Å². The summed E-state index contributed by atoms with van der Waals surface area (Å²) in [5, 5.41) is 16.3. The van der Waals surface area contributed by atoms with Crippen LogP contribution in [-0.4, -0.2) is 33.8 Å². The molecule has 3 N–H and O–H groups in total. The van der Waals surface area contributed by atoms with Crippen LogP contribution in [0.4, 0.5) is 11.6 Å². The van der Waals surface area contributed by atoms with Crippen molar-refractivity contribution in [2.45, 2.75) is 64.5 Å². The Morgan fingerprint density at radius 1 is 1.15 bits per heavy atom. The fourth-order valence-electron chi connectivity index (χ4n) is 2.61. The molecule has 1 fully saturated rings. The summed E-state index contributed by atoms with van der Waals surface area (Å²) in [7, 11) is 0. The minimum atomic E-state index is -0.119. The lowest BCUT2D eigenvalue weighted by Crippen LogP contribution is -2.28. The van der Waals surface area contributed by atoms with Gasteiger partial charge in [-0.2, -0.15) is 0 Å². The Morgan fingerprint density at radius 2 is 1.85 bits per heavy atom. The van der Waals surface area contributed by atoms with E-state index in [0.29, 0.717) is 6.04 Å². The van der Waals surface area contributed by atoms with Crippen LogP contribution in [0.3, 0.4) is 0 Å². The SMILES string of the molecule is CCCc1nc(NCC)cc(NC2CCC(O)CC2)n1. The number of rotatable bonds is 6. The average Bonchev–Trinajstić information content (AvgIpc) is 2.42. The van der Waals surface area contributed by atoms with Crippen LogP contribution in [0.5, 0.6) is 0 Å². The number of anilines is 2. The number of nitrogens with one attached hydrogen (secondary N) is 2. The van der Waals surface area contributed by atoms with E-state index >= 15 is 0 Å². The standard InChI is InChI=1S/C15H26N4O/c1-3-5-13-18-14(16-4-2)10-15(19-13)17-11-6-8-12(20)9-7-11/h10-12,20H,3-9H2,1-2H3,(H2,16,17,18,19). The van der Waals surface area contributed by atoms with E-state index in [0.717, 1.165) is 62.5 Å². The monoisotopic (exact) mass is 278 g/mol. The summed E-state index contributed by atoms with van der Waals surface area (Å²) >= 11 is 0. The first-order chi connectivity index (χ1) is 9.71. The molecule has 1 aliphatic carbocycles.